The minimum atomic E-state index is -0.779. The summed E-state index contributed by atoms with van der Waals surface area (Å²) < 4.78 is 10.3. The molecule has 33 heavy (non-hydrogen) atoms. The van der Waals surface area contributed by atoms with Crippen molar-refractivity contribution in [2.24, 2.45) is 5.92 Å². The lowest BCUT2D eigenvalue weighted by molar-refractivity contribution is -0.151. The second kappa shape index (κ2) is 11.9. The van der Waals surface area contributed by atoms with E-state index in [4.69, 9.17) is 9.47 Å². The van der Waals surface area contributed by atoms with Crippen molar-refractivity contribution in [2.45, 2.75) is 32.2 Å². The molecular weight excluding hydrogens is 422 g/mol. The van der Waals surface area contributed by atoms with Crippen LogP contribution in [0.15, 0.2) is 54.6 Å². The zero-order valence-electron chi connectivity index (χ0n) is 19.1. The number of hydrogen-bond donors (Lipinski definition) is 2. The lowest BCUT2D eigenvalue weighted by Crippen LogP contribution is -2.53. The van der Waals surface area contributed by atoms with Gasteiger partial charge in [0, 0.05) is 31.3 Å². The molecule has 0 radical (unpaired) electrons. The summed E-state index contributed by atoms with van der Waals surface area (Å²) in [5.41, 5.74) is 1.48. The van der Waals surface area contributed by atoms with Crippen LogP contribution >= 0.6 is 0 Å². The number of likely N-dealkylation sites (tertiary alicyclic amines) is 1. The maximum Gasteiger partial charge on any atom is 0.319 e. The summed E-state index contributed by atoms with van der Waals surface area (Å²) >= 11 is 0. The molecule has 0 aliphatic carbocycles. The van der Waals surface area contributed by atoms with Gasteiger partial charge in [-0.15, -0.1) is 0 Å². The van der Waals surface area contributed by atoms with Crippen LogP contribution in [-0.2, 0) is 20.7 Å². The first-order valence-corrected chi connectivity index (χ1v) is 11.2. The SMILES string of the molecule is CCOC(=O)C1CCCN(C(=O)C(Cc2ccccc2)NC(=O)Nc2cccc(OC)c2)C1. The van der Waals surface area contributed by atoms with Gasteiger partial charge in [-0.1, -0.05) is 36.4 Å². The third-order valence-electron chi connectivity index (χ3n) is 5.57. The number of benzene rings is 2. The summed E-state index contributed by atoms with van der Waals surface area (Å²) in [6.45, 7) is 2.91. The molecule has 2 unspecified atom stereocenters. The Kier molecular flexibility index (Phi) is 8.69. The van der Waals surface area contributed by atoms with E-state index in [1.807, 2.05) is 30.3 Å². The van der Waals surface area contributed by atoms with Gasteiger partial charge in [0.15, 0.2) is 0 Å². The predicted octanol–water partition coefficient (Wildman–Crippen LogP) is 3.23. The molecule has 1 aliphatic heterocycles. The summed E-state index contributed by atoms with van der Waals surface area (Å²) in [6, 6.07) is 15.2. The molecule has 1 saturated heterocycles. The summed E-state index contributed by atoms with van der Waals surface area (Å²) in [5.74, 6) is -0.222. The van der Waals surface area contributed by atoms with Crippen molar-refractivity contribution in [3.05, 3.63) is 60.2 Å². The van der Waals surface area contributed by atoms with Gasteiger partial charge in [0.2, 0.25) is 5.91 Å². The summed E-state index contributed by atoms with van der Waals surface area (Å²) in [5, 5.41) is 5.58. The Balaban J connectivity index is 1.72. The Morgan fingerprint density at radius 3 is 2.64 bits per heavy atom. The van der Waals surface area contributed by atoms with E-state index in [0.717, 1.165) is 5.56 Å². The molecule has 3 rings (SSSR count). The molecule has 176 valence electrons. The first-order chi connectivity index (χ1) is 16.0. The molecule has 1 heterocycles. The Hall–Kier alpha value is -3.55. The molecular formula is C25H31N3O5. The highest BCUT2D eigenvalue weighted by atomic mass is 16.5. The second-order valence-electron chi connectivity index (χ2n) is 7.95. The lowest BCUT2D eigenvalue weighted by Gasteiger charge is -2.34. The standard InChI is InChI=1S/C25H31N3O5/c1-3-33-24(30)19-11-8-14-28(17-19)23(29)22(15-18-9-5-4-6-10-18)27-25(31)26-20-12-7-13-21(16-20)32-2/h4-7,9-10,12-13,16,19,22H,3,8,11,14-15,17H2,1-2H3,(H2,26,27,31). The Morgan fingerprint density at radius 2 is 1.91 bits per heavy atom. The van der Waals surface area contributed by atoms with Crippen LogP contribution < -0.4 is 15.4 Å². The van der Waals surface area contributed by atoms with E-state index in [-0.39, 0.29) is 17.8 Å². The largest absolute Gasteiger partial charge is 0.497 e. The maximum absolute atomic E-state index is 13.4. The van der Waals surface area contributed by atoms with Gasteiger partial charge in [-0.25, -0.2) is 4.79 Å². The van der Waals surface area contributed by atoms with Crippen LogP contribution in [0, 0.1) is 5.92 Å². The van der Waals surface area contributed by atoms with E-state index >= 15 is 0 Å². The minimum absolute atomic E-state index is 0.214. The number of rotatable bonds is 8. The van der Waals surface area contributed by atoms with Crippen LogP contribution in [-0.4, -0.2) is 55.7 Å². The normalized spacial score (nSPS) is 16.4. The molecule has 0 bridgehead atoms. The molecule has 2 atom stereocenters. The molecule has 2 aromatic carbocycles. The fourth-order valence-corrected chi connectivity index (χ4v) is 3.93. The monoisotopic (exact) mass is 453 g/mol. The van der Waals surface area contributed by atoms with Gasteiger partial charge in [0.25, 0.3) is 0 Å². The highest BCUT2D eigenvalue weighted by molar-refractivity contribution is 5.94. The fraction of sp³-hybridized carbons (Fsp3) is 0.400. The number of urea groups is 1. The molecule has 2 aromatic rings. The number of methoxy groups -OCH3 is 1. The van der Waals surface area contributed by atoms with Gasteiger partial charge in [-0.2, -0.15) is 0 Å². The van der Waals surface area contributed by atoms with E-state index in [9.17, 15) is 14.4 Å². The molecule has 0 spiro atoms. The smallest absolute Gasteiger partial charge is 0.319 e. The number of carbonyl (C=O) groups excluding carboxylic acids is 3. The quantitative estimate of drug-likeness (QED) is 0.598. The summed E-state index contributed by atoms with van der Waals surface area (Å²) in [6.07, 6.45) is 1.74. The number of hydrogen-bond acceptors (Lipinski definition) is 5. The Labute approximate surface area is 194 Å². The average Bonchev–Trinajstić information content (AvgIpc) is 2.84. The van der Waals surface area contributed by atoms with Crippen LogP contribution in [0.1, 0.15) is 25.3 Å². The number of nitrogens with zero attached hydrogens (tertiary/aromatic N) is 1. The number of piperidine rings is 1. The minimum Gasteiger partial charge on any atom is -0.497 e. The van der Waals surface area contributed by atoms with Crippen molar-refractivity contribution in [3.8, 4) is 5.75 Å². The average molecular weight is 454 g/mol. The number of esters is 1. The van der Waals surface area contributed by atoms with Crippen molar-refractivity contribution >= 4 is 23.6 Å². The Bertz CT molecular complexity index is 950. The molecule has 0 saturated carbocycles. The lowest BCUT2D eigenvalue weighted by atomic mass is 9.96. The van der Waals surface area contributed by atoms with Gasteiger partial charge >= 0.3 is 12.0 Å². The van der Waals surface area contributed by atoms with E-state index in [2.05, 4.69) is 10.6 Å². The summed E-state index contributed by atoms with van der Waals surface area (Å²) in [4.78, 5) is 40.0. The van der Waals surface area contributed by atoms with Crippen molar-refractivity contribution < 1.29 is 23.9 Å². The highest BCUT2D eigenvalue weighted by Crippen LogP contribution is 2.20. The molecule has 2 N–H and O–H groups in total. The first-order valence-electron chi connectivity index (χ1n) is 11.2. The van der Waals surface area contributed by atoms with Gasteiger partial charge in [-0.3, -0.25) is 9.59 Å². The zero-order chi connectivity index (χ0) is 23.6. The summed E-state index contributed by atoms with van der Waals surface area (Å²) in [7, 11) is 1.55. The van der Waals surface area contributed by atoms with Crippen LogP contribution in [0.3, 0.4) is 0 Å². The van der Waals surface area contributed by atoms with Crippen molar-refractivity contribution in [2.75, 3.05) is 32.1 Å². The molecule has 1 fully saturated rings. The van der Waals surface area contributed by atoms with Crippen LogP contribution in [0.25, 0.3) is 0 Å². The first kappa shape index (κ1) is 24.1. The van der Waals surface area contributed by atoms with E-state index in [0.29, 0.717) is 50.4 Å². The number of carbonyl (C=O) groups is 3. The van der Waals surface area contributed by atoms with Crippen LogP contribution in [0.5, 0.6) is 5.75 Å². The van der Waals surface area contributed by atoms with Gasteiger partial charge in [0.05, 0.1) is 19.6 Å². The third-order valence-corrected chi connectivity index (χ3v) is 5.57. The number of ether oxygens (including phenoxy) is 2. The third kappa shape index (κ3) is 6.97. The second-order valence-corrected chi connectivity index (χ2v) is 7.95. The molecule has 8 nitrogen and oxygen atoms in total. The van der Waals surface area contributed by atoms with E-state index in [1.54, 1.807) is 43.2 Å². The van der Waals surface area contributed by atoms with Gasteiger partial charge in [0.1, 0.15) is 11.8 Å². The van der Waals surface area contributed by atoms with Crippen molar-refractivity contribution in [1.29, 1.82) is 0 Å². The predicted molar refractivity (Wildman–Crippen MR) is 125 cm³/mol. The maximum atomic E-state index is 13.4. The van der Waals surface area contributed by atoms with Crippen LogP contribution in [0.2, 0.25) is 0 Å². The topological polar surface area (TPSA) is 97.0 Å². The molecule has 1 aliphatic rings. The Morgan fingerprint density at radius 1 is 1.12 bits per heavy atom. The van der Waals surface area contributed by atoms with E-state index in [1.165, 1.54) is 0 Å². The fourth-order valence-electron chi connectivity index (χ4n) is 3.93. The number of amides is 3. The molecule has 8 heteroatoms. The number of nitrogens with one attached hydrogen (secondary N) is 2. The van der Waals surface area contributed by atoms with Crippen LogP contribution in [0.4, 0.5) is 10.5 Å². The highest BCUT2D eigenvalue weighted by Gasteiger charge is 2.33. The number of anilines is 1. The van der Waals surface area contributed by atoms with Crippen molar-refractivity contribution in [3.63, 3.8) is 0 Å². The molecule has 3 amide bonds. The van der Waals surface area contributed by atoms with E-state index < -0.39 is 12.1 Å². The van der Waals surface area contributed by atoms with Gasteiger partial charge < -0.3 is 25.0 Å². The zero-order valence-corrected chi connectivity index (χ0v) is 19.1. The van der Waals surface area contributed by atoms with Gasteiger partial charge in [-0.05, 0) is 37.5 Å². The molecule has 0 aromatic heterocycles. The van der Waals surface area contributed by atoms with Crippen molar-refractivity contribution in [1.82, 2.24) is 10.2 Å².